The molecule has 3 heteroatoms. The van der Waals surface area contributed by atoms with Gasteiger partial charge in [0, 0.05) is 11.2 Å². The maximum absolute atomic E-state index is 11.0. The predicted molar refractivity (Wildman–Crippen MR) is 53.5 cm³/mol. The highest BCUT2D eigenvalue weighted by Gasteiger charge is 2.04. The van der Waals surface area contributed by atoms with Gasteiger partial charge in [-0.05, 0) is 12.8 Å². The van der Waals surface area contributed by atoms with Crippen molar-refractivity contribution in [3.05, 3.63) is 0 Å². The van der Waals surface area contributed by atoms with Gasteiger partial charge in [0.05, 0.1) is 6.61 Å². The number of carbonyl (C=O) groups is 1. The van der Waals surface area contributed by atoms with E-state index < -0.39 is 0 Å². The highest BCUT2D eigenvalue weighted by atomic mass is 79.9. The molecule has 0 aliphatic rings. The third-order valence-electron chi connectivity index (χ3n) is 1.51. The summed E-state index contributed by atoms with van der Waals surface area (Å²) in [6.07, 6.45) is 3.42. The minimum absolute atomic E-state index is 0.0743. The van der Waals surface area contributed by atoms with Gasteiger partial charge in [0.2, 0.25) is 0 Å². The highest BCUT2D eigenvalue weighted by molar-refractivity contribution is 9.09. The number of esters is 1. The molecule has 1 atom stereocenters. The summed E-state index contributed by atoms with van der Waals surface area (Å²) in [4.78, 5) is 11.4. The number of carbonyl (C=O) groups excluding carboxylic acids is 1. The van der Waals surface area contributed by atoms with Gasteiger partial charge in [-0.2, -0.15) is 0 Å². The first kappa shape index (κ1) is 11.9. The van der Waals surface area contributed by atoms with E-state index >= 15 is 0 Å². The van der Waals surface area contributed by atoms with Gasteiger partial charge in [-0.1, -0.05) is 36.2 Å². The molecule has 1 unspecified atom stereocenters. The zero-order valence-corrected chi connectivity index (χ0v) is 9.39. The van der Waals surface area contributed by atoms with Crippen LogP contribution in [0.5, 0.6) is 0 Å². The Hall–Kier alpha value is -0.0500. The van der Waals surface area contributed by atoms with Crippen molar-refractivity contribution >= 4 is 21.9 Å². The SMILES string of the molecule is CCCCOC(=O)CCC(C)Br. The summed E-state index contributed by atoms with van der Waals surface area (Å²) in [7, 11) is 0. The molecule has 0 spiro atoms. The fourth-order valence-electron chi connectivity index (χ4n) is 0.719. The molecule has 0 amide bonds. The quantitative estimate of drug-likeness (QED) is 0.403. The molecule has 0 radical (unpaired) electrons. The summed E-state index contributed by atoms with van der Waals surface area (Å²) in [5.74, 6) is -0.0743. The molecule has 0 saturated carbocycles. The van der Waals surface area contributed by atoms with E-state index in [1.54, 1.807) is 0 Å². The Kier molecular flexibility index (Phi) is 7.56. The summed E-state index contributed by atoms with van der Waals surface area (Å²) in [5.41, 5.74) is 0. The van der Waals surface area contributed by atoms with Crippen molar-refractivity contribution in [2.24, 2.45) is 0 Å². The molecular formula is C9H17BrO2. The minimum Gasteiger partial charge on any atom is -0.466 e. The third kappa shape index (κ3) is 8.05. The minimum atomic E-state index is -0.0743. The molecule has 0 aliphatic heterocycles. The molecule has 12 heavy (non-hydrogen) atoms. The van der Waals surface area contributed by atoms with Crippen molar-refractivity contribution in [2.45, 2.75) is 44.4 Å². The lowest BCUT2D eigenvalue weighted by molar-refractivity contribution is -0.143. The molecule has 0 aromatic heterocycles. The molecule has 0 heterocycles. The van der Waals surface area contributed by atoms with E-state index in [-0.39, 0.29) is 5.97 Å². The van der Waals surface area contributed by atoms with E-state index in [2.05, 4.69) is 22.9 Å². The van der Waals surface area contributed by atoms with Crippen molar-refractivity contribution in [1.82, 2.24) is 0 Å². The number of ether oxygens (including phenoxy) is 1. The number of hydrogen-bond donors (Lipinski definition) is 0. The summed E-state index contributed by atoms with van der Waals surface area (Å²) < 4.78 is 4.97. The van der Waals surface area contributed by atoms with E-state index in [9.17, 15) is 4.79 Å². The van der Waals surface area contributed by atoms with Crippen LogP contribution >= 0.6 is 15.9 Å². The van der Waals surface area contributed by atoms with Gasteiger partial charge in [-0.25, -0.2) is 0 Å². The van der Waals surface area contributed by atoms with E-state index in [4.69, 9.17) is 4.74 Å². The van der Waals surface area contributed by atoms with Gasteiger partial charge in [-0.3, -0.25) is 4.79 Å². The lowest BCUT2D eigenvalue weighted by Gasteiger charge is -2.04. The van der Waals surface area contributed by atoms with Crippen LogP contribution in [0.2, 0.25) is 0 Å². The molecule has 2 nitrogen and oxygen atoms in total. The average Bonchev–Trinajstić information content (AvgIpc) is 2.01. The number of hydrogen-bond acceptors (Lipinski definition) is 2. The van der Waals surface area contributed by atoms with Crippen molar-refractivity contribution in [2.75, 3.05) is 6.61 Å². The van der Waals surface area contributed by atoms with Crippen LogP contribution in [0.3, 0.4) is 0 Å². The smallest absolute Gasteiger partial charge is 0.305 e. The Morgan fingerprint density at radius 2 is 2.25 bits per heavy atom. The van der Waals surface area contributed by atoms with Crippen molar-refractivity contribution < 1.29 is 9.53 Å². The number of unbranched alkanes of at least 4 members (excludes halogenated alkanes) is 1. The number of halogens is 1. The first-order valence-electron chi connectivity index (χ1n) is 4.46. The van der Waals surface area contributed by atoms with Crippen LogP contribution in [0.15, 0.2) is 0 Å². The Morgan fingerprint density at radius 1 is 1.58 bits per heavy atom. The third-order valence-corrected chi connectivity index (χ3v) is 1.97. The van der Waals surface area contributed by atoms with Crippen LogP contribution in [-0.2, 0) is 9.53 Å². The van der Waals surface area contributed by atoms with E-state index in [1.165, 1.54) is 0 Å². The Bertz CT molecular complexity index is 124. The number of rotatable bonds is 6. The van der Waals surface area contributed by atoms with Crippen molar-refractivity contribution in [3.8, 4) is 0 Å². The second kappa shape index (κ2) is 7.59. The topological polar surface area (TPSA) is 26.3 Å². The largest absolute Gasteiger partial charge is 0.466 e. The fraction of sp³-hybridized carbons (Fsp3) is 0.889. The standard InChI is InChI=1S/C9H17BrO2/c1-3-4-7-12-9(11)6-5-8(2)10/h8H,3-7H2,1-2H3. The van der Waals surface area contributed by atoms with Gasteiger partial charge < -0.3 is 4.74 Å². The summed E-state index contributed by atoms with van der Waals surface area (Å²) in [6, 6.07) is 0. The second-order valence-electron chi connectivity index (χ2n) is 2.89. The Labute approximate surface area is 82.8 Å². The van der Waals surface area contributed by atoms with Crippen LogP contribution in [0, 0.1) is 0 Å². The molecule has 72 valence electrons. The van der Waals surface area contributed by atoms with Gasteiger partial charge in [0.25, 0.3) is 0 Å². The molecule has 0 aromatic rings. The number of alkyl halides is 1. The van der Waals surface area contributed by atoms with Gasteiger partial charge >= 0.3 is 5.97 Å². The first-order chi connectivity index (χ1) is 5.66. The Morgan fingerprint density at radius 3 is 2.75 bits per heavy atom. The van der Waals surface area contributed by atoms with Gasteiger partial charge in [0.1, 0.15) is 0 Å². The van der Waals surface area contributed by atoms with E-state index in [1.807, 2.05) is 6.92 Å². The summed E-state index contributed by atoms with van der Waals surface area (Å²) in [5, 5.41) is 0. The van der Waals surface area contributed by atoms with Crippen molar-refractivity contribution in [3.63, 3.8) is 0 Å². The van der Waals surface area contributed by atoms with E-state index in [0.717, 1.165) is 19.3 Å². The first-order valence-corrected chi connectivity index (χ1v) is 5.38. The van der Waals surface area contributed by atoms with Gasteiger partial charge in [0.15, 0.2) is 0 Å². The zero-order chi connectivity index (χ0) is 9.40. The summed E-state index contributed by atoms with van der Waals surface area (Å²) in [6.45, 7) is 4.68. The van der Waals surface area contributed by atoms with Crippen LogP contribution < -0.4 is 0 Å². The molecule has 0 fully saturated rings. The molecule has 0 saturated heterocycles. The molecular weight excluding hydrogens is 220 g/mol. The monoisotopic (exact) mass is 236 g/mol. The maximum atomic E-state index is 11.0. The van der Waals surface area contributed by atoms with Crippen LogP contribution in [0.25, 0.3) is 0 Å². The lowest BCUT2D eigenvalue weighted by Crippen LogP contribution is -2.07. The highest BCUT2D eigenvalue weighted by Crippen LogP contribution is 2.07. The van der Waals surface area contributed by atoms with Crippen molar-refractivity contribution in [1.29, 1.82) is 0 Å². The van der Waals surface area contributed by atoms with Crippen LogP contribution in [0.1, 0.15) is 39.5 Å². The van der Waals surface area contributed by atoms with Gasteiger partial charge in [-0.15, -0.1) is 0 Å². The normalized spacial score (nSPS) is 12.6. The average molecular weight is 237 g/mol. The maximum Gasteiger partial charge on any atom is 0.305 e. The Balaban J connectivity index is 3.22. The molecule has 0 aliphatic carbocycles. The second-order valence-corrected chi connectivity index (χ2v) is 4.46. The molecule has 0 aromatic carbocycles. The summed E-state index contributed by atoms with van der Waals surface area (Å²) >= 11 is 3.38. The van der Waals surface area contributed by atoms with Crippen LogP contribution in [0.4, 0.5) is 0 Å². The van der Waals surface area contributed by atoms with Crippen LogP contribution in [-0.4, -0.2) is 17.4 Å². The lowest BCUT2D eigenvalue weighted by atomic mass is 10.2. The molecule has 0 bridgehead atoms. The van der Waals surface area contributed by atoms with E-state index in [0.29, 0.717) is 17.9 Å². The molecule has 0 rings (SSSR count). The fourth-order valence-corrected chi connectivity index (χ4v) is 0.948. The molecule has 0 N–H and O–H groups in total. The predicted octanol–water partition coefficient (Wildman–Crippen LogP) is 2.89. The zero-order valence-electron chi connectivity index (χ0n) is 7.81.